The molecule has 0 aliphatic rings. The van der Waals surface area contributed by atoms with E-state index in [2.05, 4.69) is 34.2 Å². The molecular formula is C14H22BrNO2. The van der Waals surface area contributed by atoms with Crippen molar-refractivity contribution in [2.45, 2.75) is 32.2 Å². The van der Waals surface area contributed by atoms with Crippen LogP contribution in [0.1, 0.15) is 37.8 Å². The van der Waals surface area contributed by atoms with E-state index in [1.165, 1.54) is 0 Å². The van der Waals surface area contributed by atoms with E-state index in [0.717, 1.165) is 35.0 Å². The van der Waals surface area contributed by atoms with Crippen LogP contribution in [-0.4, -0.2) is 25.4 Å². The predicted molar refractivity (Wildman–Crippen MR) is 78.0 cm³/mol. The molecule has 0 saturated heterocycles. The normalized spacial score (nSPS) is 12.4. The molecule has 3 nitrogen and oxygen atoms in total. The Bertz CT molecular complexity index is 358. The summed E-state index contributed by atoms with van der Waals surface area (Å²) in [7, 11) is 1.94. The summed E-state index contributed by atoms with van der Waals surface area (Å²) < 4.78 is 6.88. The topological polar surface area (TPSA) is 41.5 Å². The summed E-state index contributed by atoms with van der Waals surface area (Å²) >= 11 is 3.49. The van der Waals surface area contributed by atoms with Crippen LogP contribution in [0.4, 0.5) is 0 Å². The van der Waals surface area contributed by atoms with Crippen molar-refractivity contribution in [1.82, 2.24) is 5.32 Å². The first kappa shape index (κ1) is 15.5. The van der Waals surface area contributed by atoms with E-state index in [1.54, 1.807) is 0 Å². The van der Waals surface area contributed by atoms with E-state index in [4.69, 9.17) is 9.84 Å². The molecule has 0 fully saturated rings. The lowest BCUT2D eigenvalue weighted by molar-refractivity contribution is 0.264. The minimum Gasteiger partial charge on any atom is -0.493 e. The van der Waals surface area contributed by atoms with Gasteiger partial charge in [-0.05, 0) is 51.4 Å². The highest BCUT2D eigenvalue weighted by molar-refractivity contribution is 9.10. The SMILES string of the molecule is CNC(C)c1cc(Br)ccc1OCCCCCO. The lowest BCUT2D eigenvalue weighted by Crippen LogP contribution is -2.14. The third-order valence-electron chi connectivity index (χ3n) is 2.93. The molecule has 2 N–H and O–H groups in total. The molecule has 18 heavy (non-hydrogen) atoms. The number of rotatable bonds is 8. The number of halogens is 1. The lowest BCUT2D eigenvalue weighted by atomic mass is 10.1. The van der Waals surface area contributed by atoms with Crippen LogP contribution in [0.3, 0.4) is 0 Å². The molecule has 0 bridgehead atoms. The van der Waals surface area contributed by atoms with Crippen LogP contribution in [0.2, 0.25) is 0 Å². The van der Waals surface area contributed by atoms with Gasteiger partial charge in [-0.1, -0.05) is 15.9 Å². The lowest BCUT2D eigenvalue weighted by Gasteiger charge is -2.17. The highest BCUT2D eigenvalue weighted by Crippen LogP contribution is 2.28. The fraction of sp³-hybridized carbons (Fsp3) is 0.571. The van der Waals surface area contributed by atoms with Crippen molar-refractivity contribution in [1.29, 1.82) is 0 Å². The molecular weight excluding hydrogens is 294 g/mol. The summed E-state index contributed by atoms with van der Waals surface area (Å²) in [6, 6.07) is 6.34. The second kappa shape index (κ2) is 8.51. The number of hydrogen-bond acceptors (Lipinski definition) is 3. The van der Waals surface area contributed by atoms with Crippen molar-refractivity contribution in [3.8, 4) is 5.75 Å². The largest absolute Gasteiger partial charge is 0.493 e. The quantitative estimate of drug-likeness (QED) is 0.723. The number of hydrogen-bond donors (Lipinski definition) is 2. The zero-order valence-corrected chi connectivity index (χ0v) is 12.7. The van der Waals surface area contributed by atoms with Crippen molar-refractivity contribution < 1.29 is 9.84 Å². The van der Waals surface area contributed by atoms with Gasteiger partial charge in [0, 0.05) is 22.7 Å². The van der Waals surface area contributed by atoms with E-state index >= 15 is 0 Å². The minimum absolute atomic E-state index is 0.259. The fourth-order valence-corrected chi connectivity index (χ4v) is 2.10. The van der Waals surface area contributed by atoms with Crippen LogP contribution < -0.4 is 10.1 Å². The van der Waals surface area contributed by atoms with E-state index in [0.29, 0.717) is 6.61 Å². The Morgan fingerprint density at radius 1 is 1.33 bits per heavy atom. The molecule has 0 amide bonds. The first-order valence-electron chi connectivity index (χ1n) is 6.39. The molecule has 4 heteroatoms. The molecule has 0 radical (unpaired) electrons. The number of aliphatic hydroxyl groups is 1. The smallest absolute Gasteiger partial charge is 0.124 e. The van der Waals surface area contributed by atoms with Crippen molar-refractivity contribution >= 4 is 15.9 Å². The van der Waals surface area contributed by atoms with Crippen molar-refractivity contribution in [2.24, 2.45) is 0 Å². The summed E-state index contributed by atoms with van der Waals surface area (Å²) in [5.74, 6) is 0.934. The van der Waals surface area contributed by atoms with Crippen LogP contribution in [-0.2, 0) is 0 Å². The summed E-state index contributed by atoms with van der Waals surface area (Å²) in [6.07, 6.45) is 2.83. The molecule has 0 heterocycles. The van der Waals surface area contributed by atoms with Crippen molar-refractivity contribution in [2.75, 3.05) is 20.3 Å². The van der Waals surface area contributed by atoms with Crippen LogP contribution >= 0.6 is 15.9 Å². The van der Waals surface area contributed by atoms with Crippen molar-refractivity contribution in [3.63, 3.8) is 0 Å². The van der Waals surface area contributed by atoms with Crippen LogP contribution in [0.5, 0.6) is 5.75 Å². The maximum absolute atomic E-state index is 8.71. The zero-order valence-electron chi connectivity index (χ0n) is 11.1. The van der Waals surface area contributed by atoms with E-state index < -0.39 is 0 Å². The van der Waals surface area contributed by atoms with Gasteiger partial charge in [-0.3, -0.25) is 0 Å². The Morgan fingerprint density at radius 3 is 2.78 bits per heavy atom. The third kappa shape index (κ3) is 4.96. The molecule has 1 atom stereocenters. The zero-order chi connectivity index (χ0) is 13.4. The van der Waals surface area contributed by atoms with Crippen LogP contribution in [0.25, 0.3) is 0 Å². The van der Waals surface area contributed by atoms with Crippen LogP contribution in [0.15, 0.2) is 22.7 Å². The van der Waals surface area contributed by atoms with E-state index in [1.807, 2.05) is 19.2 Å². The van der Waals surface area contributed by atoms with Gasteiger partial charge in [-0.25, -0.2) is 0 Å². The van der Waals surface area contributed by atoms with Crippen molar-refractivity contribution in [3.05, 3.63) is 28.2 Å². The standard InChI is InChI=1S/C14H22BrNO2/c1-11(16-2)13-10-12(15)6-7-14(13)18-9-5-3-4-8-17/h6-7,10-11,16-17H,3-5,8-9H2,1-2H3. The molecule has 1 aromatic carbocycles. The number of nitrogens with one attached hydrogen (secondary N) is 1. The Balaban J connectivity index is 2.58. The highest BCUT2D eigenvalue weighted by atomic mass is 79.9. The molecule has 1 aromatic rings. The van der Waals surface area contributed by atoms with E-state index in [-0.39, 0.29) is 12.6 Å². The molecule has 0 spiro atoms. The minimum atomic E-state index is 0.259. The summed E-state index contributed by atoms with van der Waals surface area (Å²) in [6.45, 7) is 3.08. The average molecular weight is 316 g/mol. The Kier molecular flexibility index (Phi) is 7.32. The molecule has 102 valence electrons. The van der Waals surface area contributed by atoms with Gasteiger partial charge in [-0.2, -0.15) is 0 Å². The fourth-order valence-electron chi connectivity index (χ4n) is 1.72. The number of aliphatic hydroxyl groups excluding tert-OH is 1. The molecule has 1 rings (SSSR count). The van der Waals surface area contributed by atoms with Gasteiger partial charge in [-0.15, -0.1) is 0 Å². The highest BCUT2D eigenvalue weighted by Gasteiger charge is 2.10. The number of unbranched alkanes of at least 4 members (excludes halogenated alkanes) is 2. The molecule has 0 saturated carbocycles. The van der Waals surface area contributed by atoms with E-state index in [9.17, 15) is 0 Å². The second-order valence-corrected chi connectivity index (χ2v) is 5.24. The monoisotopic (exact) mass is 315 g/mol. The maximum Gasteiger partial charge on any atom is 0.124 e. The molecule has 0 aromatic heterocycles. The van der Waals surface area contributed by atoms with Gasteiger partial charge in [0.2, 0.25) is 0 Å². The van der Waals surface area contributed by atoms with Gasteiger partial charge >= 0.3 is 0 Å². The molecule has 1 unspecified atom stereocenters. The summed E-state index contributed by atoms with van der Waals surface area (Å²) in [5.41, 5.74) is 1.16. The second-order valence-electron chi connectivity index (χ2n) is 4.33. The van der Waals surface area contributed by atoms with Gasteiger partial charge in [0.15, 0.2) is 0 Å². The maximum atomic E-state index is 8.71. The Morgan fingerprint density at radius 2 is 2.11 bits per heavy atom. The van der Waals surface area contributed by atoms with Gasteiger partial charge in [0.1, 0.15) is 5.75 Å². The summed E-state index contributed by atoms with van der Waals surface area (Å²) in [4.78, 5) is 0. The van der Waals surface area contributed by atoms with Gasteiger partial charge < -0.3 is 15.2 Å². The Hall–Kier alpha value is -0.580. The predicted octanol–water partition coefficient (Wildman–Crippen LogP) is 3.27. The summed E-state index contributed by atoms with van der Waals surface area (Å²) in [5, 5.41) is 11.9. The van der Waals surface area contributed by atoms with Crippen LogP contribution in [0, 0.1) is 0 Å². The van der Waals surface area contributed by atoms with Gasteiger partial charge in [0.25, 0.3) is 0 Å². The first-order chi connectivity index (χ1) is 8.69. The number of benzene rings is 1. The van der Waals surface area contributed by atoms with Gasteiger partial charge in [0.05, 0.1) is 6.61 Å². The third-order valence-corrected chi connectivity index (χ3v) is 3.42. The molecule has 0 aliphatic heterocycles. The Labute approximate surface area is 118 Å². The first-order valence-corrected chi connectivity index (χ1v) is 7.18. The molecule has 0 aliphatic carbocycles. The average Bonchev–Trinajstić information content (AvgIpc) is 2.39. The number of ether oxygens (including phenoxy) is 1.